The summed E-state index contributed by atoms with van der Waals surface area (Å²) in [6.45, 7) is 5.54. The van der Waals surface area contributed by atoms with Crippen LogP contribution in [0.1, 0.15) is 46.5 Å². The minimum absolute atomic E-state index is 0. The first kappa shape index (κ1) is 18.3. The Morgan fingerprint density at radius 1 is 1.25 bits per heavy atom. The van der Waals surface area contributed by atoms with Gasteiger partial charge < -0.3 is 15.2 Å². The summed E-state index contributed by atoms with van der Waals surface area (Å²) in [5.41, 5.74) is 0. The van der Waals surface area contributed by atoms with E-state index < -0.39 is 12.0 Å². The zero-order valence-corrected chi connectivity index (χ0v) is 12.7. The van der Waals surface area contributed by atoms with Gasteiger partial charge in [-0.15, -0.1) is 0 Å². The maximum atomic E-state index is 11.3. The molecule has 0 radical (unpaired) electrons. The average Bonchev–Trinajstić information content (AvgIpc) is 2.13. The Hall–Kier alpha value is -0.0600. The fourth-order valence-electron chi connectivity index (χ4n) is 1.28. The van der Waals surface area contributed by atoms with Gasteiger partial charge in [0.1, 0.15) is 0 Å². The predicted octanol–water partition coefficient (Wildman–Crippen LogP) is -2.54. The number of aliphatic carboxylic acids is 1. The molecule has 0 unspecified atom stereocenters. The van der Waals surface area contributed by atoms with Crippen LogP contribution in [0.3, 0.4) is 0 Å². The summed E-state index contributed by atoms with van der Waals surface area (Å²) in [4.78, 5) is 22.0. The average molecular weight is 237 g/mol. The summed E-state index contributed by atoms with van der Waals surface area (Å²) in [7, 11) is 0. The van der Waals surface area contributed by atoms with Crippen LogP contribution < -0.4 is 40.0 Å². The number of amides is 1. The number of carbonyl (C=O) groups excluding carboxylic acids is 2. The first-order chi connectivity index (χ1) is 6.99. The molecule has 1 amide bonds. The summed E-state index contributed by atoms with van der Waals surface area (Å²) in [5, 5.41) is 13.2. The maximum absolute atomic E-state index is 11.3. The third-order valence-corrected chi connectivity index (χ3v) is 2.24. The van der Waals surface area contributed by atoms with Crippen molar-refractivity contribution in [1.82, 2.24) is 5.32 Å². The number of hydrogen-bond donors (Lipinski definition) is 1. The van der Waals surface area contributed by atoms with Gasteiger partial charge in [0.25, 0.3) is 0 Å². The van der Waals surface area contributed by atoms with E-state index in [0.717, 1.165) is 19.3 Å². The van der Waals surface area contributed by atoms with E-state index in [1.165, 1.54) is 0 Å². The molecule has 1 N–H and O–H groups in total. The summed E-state index contributed by atoms with van der Waals surface area (Å²) in [6, 6.07) is -0.876. The molecular weight excluding hydrogens is 217 g/mol. The monoisotopic (exact) mass is 237 g/mol. The molecule has 0 saturated carbocycles. The van der Waals surface area contributed by atoms with Crippen molar-refractivity contribution in [1.29, 1.82) is 0 Å². The molecule has 5 heteroatoms. The molecule has 0 spiro atoms. The molecule has 0 saturated heterocycles. The van der Waals surface area contributed by atoms with Gasteiger partial charge in [-0.3, -0.25) is 4.79 Å². The van der Waals surface area contributed by atoms with Crippen molar-refractivity contribution in [2.75, 3.05) is 0 Å². The molecule has 0 aliphatic heterocycles. The summed E-state index contributed by atoms with van der Waals surface area (Å²) < 4.78 is 0. The van der Waals surface area contributed by atoms with Crippen LogP contribution in [0, 0.1) is 5.92 Å². The molecule has 0 rings (SSSR count). The van der Waals surface area contributed by atoms with Crippen LogP contribution in [0.25, 0.3) is 0 Å². The topological polar surface area (TPSA) is 69.2 Å². The second-order valence-electron chi connectivity index (χ2n) is 4.07. The van der Waals surface area contributed by atoms with E-state index in [4.69, 9.17) is 0 Å². The number of carboxylic acid groups (broad SMARTS) is 1. The van der Waals surface area contributed by atoms with Crippen LogP contribution in [0.5, 0.6) is 0 Å². The Kier molecular flexibility index (Phi) is 11.6. The molecule has 0 aromatic carbocycles. The van der Waals surface area contributed by atoms with Crippen LogP contribution in [0.2, 0.25) is 0 Å². The second-order valence-corrected chi connectivity index (χ2v) is 4.07. The van der Waals surface area contributed by atoms with Crippen LogP contribution in [0.15, 0.2) is 0 Å². The van der Waals surface area contributed by atoms with Crippen molar-refractivity contribution in [3.8, 4) is 0 Å². The third-order valence-electron chi connectivity index (χ3n) is 2.24. The molecular formula is C11H20NNaO3. The van der Waals surface area contributed by atoms with Crippen molar-refractivity contribution < 1.29 is 44.3 Å². The van der Waals surface area contributed by atoms with Crippen molar-refractivity contribution in [3.05, 3.63) is 0 Å². The molecule has 0 aromatic heterocycles. The van der Waals surface area contributed by atoms with E-state index in [-0.39, 0.29) is 41.4 Å². The quantitative estimate of drug-likeness (QED) is 0.392. The van der Waals surface area contributed by atoms with E-state index >= 15 is 0 Å². The van der Waals surface area contributed by atoms with Crippen molar-refractivity contribution in [2.45, 2.75) is 52.5 Å². The molecule has 16 heavy (non-hydrogen) atoms. The fraction of sp³-hybridized carbons (Fsp3) is 0.818. The van der Waals surface area contributed by atoms with Crippen molar-refractivity contribution in [2.24, 2.45) is 5.92 Å². The normalized spacial score (nSPS) is 11.8. The summed E-state index contributed by atoms with van der Waals surface area (Å²) in [6.07, 6.45) is 3.23. The maximum Gasteiger partial charge on any atom is 1.00 e. The molecule has 88 valence electrons. The Labute approximate surface area is 119 Å². The van der Waals surface area contributed by atoms with Gasteiger partial charge >= 0.3 is 29.6 Å². The molecule has 0 aliphatic carbocycles. The standard InChI is InChI=1S/C11H21NO3.Na/c1-4-5-6-7-9(13)12-10(8(2)3)11(14)15;/h8,10H,4-7H2,1-3H3,(H,12,13)(H,14,15);/q;+1/p-1/t10-;/m0./s1. The number of unbranched alkanes of at least 4 members (excludes halogenated alkanes) is 2. The van der Waals surface area contributed by atoms with Gasteiger partial charge in [0, 0.05) is 6.42 Å². The fourth-order valence-corrected chi connectivity index (χ4v) is 1.28. The minimum Gasteiger partial charge on any atom is -0.548 e. The van der Waals surface area contributed by atoms with Crippen LogP contribution >= 0.6 is 0 Å². The van der Waals surface area contributed by atoms with Crippen LogP contribution in [-0.2, 0) is 9.59 Å². The van der Waals surface area contributed by atoms with Gasteiger partial charge in [0.2, 0.25) is 5.91 Å². The summed E-state index contributed by atoms with van der Waals surface area (Å²) >= 11 is 0. The molecule has 0 aliphatic rings. The molecule has 0 aromatic rings. The molecule has 1 atom stereocenters. The number of carboxylic acids is 1. The minimum atomic E-state index is -1.21. The number of nitrogens with one attached hydrogen (secondary N) is 1. The van der Waals surface area contributed by atoms with Gasteiger partial charge in [-0.05, 0) is 12.3 Å². The number of hydrogen-bond acceptors (Lipinski definition) is 3. The van der Waals surface area contributed by atoms with Crippen LogP contribution in [-0.4, -0.2) is 17.9 Å². The number of carbonyl (C=O) groups is 2. The first-order valence-electron chi connectivity index (χ1n) is 5.49. The second kappa shape index (κ2) is 10.1. The van der Waals surface area contributed by atoms with E-state index in [9.17, 15) is 14.7 Å². The molecule has 0 fully saturated rings. The van der Waals surface area contributed by atoms with E-state index in [0.29, 0.717) is 6.42 Å². The largest absolute Gasteiger partial charge is 1.00 e. The smallest absolute Gasteiger partial charge is 0.548 e. The third kappa shape index (κ3) is 8.13. The van der Waals surface area contributed by atoms with Crippen molar-refractivity contribution in [3.63, 3.8) is 0 Å². The van der Waals surface area contributed by atoms with E-state index in [1.807, 2.05) is 0 Å². The van der Waals surface area contributed by atoms with Crippen molar-refractivity contribution >= 4 is 11.9 Å². The first-order valence-corrected chi connectivity index (χ1v) is 5.49. The molecule has 0 bridgehead atoms. The van der Waals surface area contributed by atoms with Crippen LogP contribution in [0.4, 0.5) is 0 Å². The Morgan fingerprint density at radius 2 is 1.81 bits per heavy atom. The van der Waals surface area contributed by atoms with E-state index in [1.54, 1.807) is 13.8 Å². The number of rotatable bonds is 7. The van der Waals surface area contributed by atoms with Gasteiger partial charge in [-0.2, -0.15) is 0 Å². The van der Waals surface area contributed by atoms with E-state index in [2.05, 4.69) is 12.2 Å². The molecule has 0 heterocycles. The zero-order chi connectivity index (χ0) is 11.8. The van der Waals surface area contributed by atoms with Gasteiger partial charge in [0.05, 0.1) is 12.0 Å². The predicted molar refractivity (Wildman–Crippen MR) is 55.9 cm³/mol. The van der Waals surface area contributed by atoms with Gasteiger partial charge in [-0.1, -0.05) is 33.6 Å². The Balaban J connectivity index is 0. The summed E-state index contributed by atoms with van der Waals surface area (Å²) in [5.74, 6) is -1.56. The zero-order valence-electron chi connectivity index (χ0n) is 10.7. The molecule has 4 nitrogen and oxygen atoms in total. The van der Waals surface area contributed by atoms with Gasteiger partial charge in [-0.25, -0.2) is 0 Å². The van der Waals surface area contributed by atoms with Gasteiger partial charge in [0.15, 0.2) is 0 Å². The Morgan fingerprint density at radius 3 is 2.19 bits per heavy atom. The SMILES string of the molecule is CCCCCC(=O)N[C@H](C(=O)[O-])C(C)C.[Na+]. The Bertz CT molecular complexity index is 219.